The summed E-state index contributed by atoms with van der Waals surface area (Å²) < 4.78 is 0.227. The van der Waals surface area contributed by atoms with E-state index in [-0.39, 0.29) is 0 Å². The Kier molecular flexibility index (Phi) is 4.47. The van der Waals surface area contributed by atoms with Crippen LogP contribution in [0.3, 0.4) is 0 Å². The fourth-order valence-electron chi connectivity index (χ4n) is 1.09. The van der Waals surface area contributed by atoms with Gasteiger partial charge in [0.05, 0.1) is 0 Å². The first kappa shape index (κ1) is 12.1. The Labute approximate surface area is 98.4 Å². The lowest BCUT2D eigenvalue weighted by Gasteiger charge is -2.19. The summed E-state index contributed by atoms with van der Waals surface area (Å²) >= 11 is 16.2. The van der Waals surface area contributed by atoms with Gasteiger partial charge in [0.1, 0.15) is 0 Å². The molecule has 0 spiro atoms. The molecule has 7 heteroatoms. The minimum absolute atomic E-state index is 0.325. The van der Waals surface area contributed by atoms with Crippen LogP contribution in [0.1, 0.15) is 32.6 Å². The predicted octanol–water partition coefficient (Wildman–Crippen LogP) is 2.63. The van der Waals surface area contributed by atoms with Crippen molar-refractivity contribution >= 4 is 35.8 Å². The van der Waals surface area contributed by atoms with E-state index >= 15 is 0 Å². The van der Waals surface area contributed by atoms with E-state index in [2.05, 4.69) is 35.1 Å². The van der Waals surface area contributed by atoms with E-state index in [4.69, 9.17) is 23.2 Å². The summed E-state index contributed by atoms with van der Waals surface area (Å²) in [5.74, 6) is 0. The van der Waals surface area contributed by atoms with Gasteiger partial charge in [0, 0.05) is 6.42 Å². The lowest BCUT2D eigenvalue weighted by atomic mass is 10.2. The molecule has 0 aliphatic heterocycles. The van der Waals surface area contributed by atoms with Gasteiger partial charge < -0.3 is 0 Å². The molecular weight excluding hydrogens is 243 g/mol. The van der Waals surface area contributed by atoms with E-state index < -0.39 is 4.46 Å². The number of tetrazole rings is 1. The summed E-state index contributed by atoms with van der Waals surface area (Å²) in [7, 11) is 0. The van der Waals surface area contributed by atoms with Crippen LogP contribution in [0.25, 0.3) is 0 Å². The Morgan fingerprint density at radius 1 is 1.43 bits per heavy atom. The van der Waals surface area contributed by atoms with Crippen molar-refractivity contribution in [1.29, 1.82) is 0 Å². The number of hydrogen-bond acceptors (Lipinski definition) is 4. The summed E-state index contributed by atoms with van der Waals surface area (Å²) in [6.45, 7) is 2.12. The molecule has 1 aromatic heterocycles. The number of rotatable bonds is 5. The predicted molar refractivity (Wildman–Crippen MR) is 58.9 cm³/mol. The number of alkyl halides is 2. The van der Waals surface area contributed by atoms with Crippen LogP contribution in [-0.2, 0) is 4.46 Å². The molecule has 4 nitrogen and oxygen atoms in total. The molecule has 0 aromatic carbocycles. The van der Waals surface area contributed by atoms with Gasteiger partial charge in [-0.25, -0.2) is 0 Å². The van der Waals surface area contributed by atoms with Gasteiger partial charge in [-0.15, -0.1) is 17.7 Å². The fourth-order valence-corrected chi connectivity index (χ4v) is 1.95. The molecule has 0 amide bonds. The number of unbranched alkanes of at least 4 members (excludes halogenated alkanes) is 2. The number of thiol groups is 1. The SMILES string of the molecule is CCCCCC(Cl)(Cl)n1nnnc1S. The van der Waals surface area contributed by atoms with E-state index in [0.29, 0.717) is 11.6 Å². The molecule has 0 saturated carbocycles. The first-order valence-electron chi connectivity index (χ1n) is 4.43. The van der Waals surface area contributed by atoms with Crippen molar-refractivity contribution in [2.24, 2.45) is 0 Å². The van der Waals surface area contributed by atoms with Crippen LogP contribution >= 0.6 is 35.8 Å². The van der Waals surface area contributed by atoms with Crippen molar-refractivity contribution in [1.82, 2.24) is 20.2 Å². The summed E-state index contributed by atoms with van der Waals surface area (Å²) in [6.07, 6.45) is 3.76. The van der Waals surface area contributed by atoms with Crippen molar-refractivity contribution < 1.29 is 0 Å². The van der Waals surface area contributed by atoms with Gasteiger partial charge in [0.2, 0.25) is 9.61 Å². The Balaban J connectivity index is 2.61. The Morgan fingerprint density at radius 3 is 2.64 bits per heavy atom. The standard InChI is InChI=1S/C7H12Cl2N4S/c1-2-3-4-5-7(8,9)13-6(14)10-11-12-13/h2-5H2,1H3,(H,10,12,14). The van der Waals surface area contributed by atoms with Gasteiger partial charge in [-0.05, 0) is 16.8 Å². The summed E-state index contributed by atoms with van der Waals surface area (Å²) in [6, 6.07) is 0. The largest absolute Gasteiger partial charge is 0.214 e. The first-order valence-corrected chi connectivity index (χ1v) is 5.64. The summed E-state index contributed by atoms with van der Waals surface area (Å²) in [5, 5.41) is 11.0. The molecule has 14 heavy (non-hydrogen) atoms. The summed E-state index contributed by atoms with van der Waals surface area (Å²) in [5.41, 5.74) is 0. The fraction of sp³-hybridized carbons (Fsp3) is 0.857. The highest BCUT2D eigenvalue weighted by atomic mass is 35.5. The highest BCUT2D eigenvalue weighted by Gasteiger charge is 2.29. The smallest absolute Gasteiger partial charge is 0.184 e. The van der Waals surface area contributed by atoms with Gasteiger partial charge in [-0.1, -0.05) is 43.0 Å². The van der Waals surface area contributed by atoms with Crippen LogP contribution in [0.2, 0.25) is 0 Å². The van der Waals surface area contributed by atoms with Crippen molar-refractivity contribution in [2.45, 2.75) is 42.2 Å². The normalized spacial score (nSPS) is 12.0. The van der Waals surface area contributed by atoms with Gasteiger partial charge in [-0.3, -0.25) is 0 Å². The van der Waals surface area contributed by atoms with E-state index in [9.17, 15) is 0 Å². The van der Waals surface area contributed by atoms with Crippen molar-refractivity contribution in [3.8, 4) is 0 Å². The van der Waals surface area contributed by atoms with Crippen LogP contribution < -0.4 is 0 Å². The van der Waals surface area contributed by atoms with Gasteiger partial charge in [-0.2, -0.15) is 4.68 Å². The lowest BCUT2D eigenvalue weighted by Crippen LogP contribution is -2.22. The molecule has 80 valence electrons. The molecule has 0 saturated heterocycles. The van der Waals surface area contributed by atoms with Crippen molar-refractivity contribution in [3.63, 3.8) is 0 Å². The lowest BCUT2D eigenvalue weighted by molar-refractivity contribution is 0.432. The minimum Gasteiger partial charge on any atom is -0.184 e. The van der Waals surface area contributed by atoms with E-state index in [1.54, 1.807) is 0 Å². The molecule has 0 unspecified atom stereocenters. The highest BCUT2D eigenvalue weighted by molar-refractivity contribution is 7.80. The highest BCUT2D eigenvalue weighted by Crippen LogP contribution is 2.33. The second-order valence-corrected chi connectivity index (χ2v) is 4.86. The van der Waals surface area contributed by atoms with Crippen LogP contribution in [0.15, 0.2) is 5.16 Å². The molecular formula is C7H12Cl2N4S. The Hall–Kier alpha value is -0.000000000000000111. The average molecular weight is 255 g/mol. The zero-order chi connectivity index (χ0) is 10.6. The maximum atomic E-state index is 6.08. The number of aromatic nitrogens is 4. The van der Waals surface area contributed by atoms with Gasteiger partial charge in [0.15, 0.2) is 0 Å². The molecule has 0 aliphatic carbocycles. The monoisotopic (exact) mass is 254 g/mol. The average Bonchev–Trinajstić information content (AvgIpc) is 2.52. The molecule has 0 radical (unpaired) electrons. The van der Waals surface area contributed by atoms with E-state index in [1.807, 2.05) is 0 Å². The number of halogens is 2. The number of hydrogen-bond donors (Lipinski definition) is 1. The van der Waals surface area contributed by atoms with Crippen molar-refractivity contribution in [3.05, 3.63) is 0 Å². The zero-order valence-electron chi connectivity index (χ0n) is 7.82. The topological polar surface area (TPSA) is 43.6 Å². The molecule has 0 atom stereocenters. The molecule has 1 heterocycles. The maximum absolute atomic E-state index is 6.08. The third-order valence-corrected chi connectivity index (χ3v) is 2.82. The first-order chi connectivity index (χ1) is 6.58. The van der Waals surface area contributed by atoms with Crippen LogP contribution in [0.5, 0.6) is 0 Å². The van der Waals surface area contributed by atoms with E-state index in [0.717, 1.165) is 19.3 Å². The van der Waals surface area contributed by atoms with Crippen LogP contribution in [0.4, 0.5) is 0 Å². The van der Waals surface area contributed by atoms with Crippen molar-refractivity contribution in [2.75, 3.05) is 0 Å². The van der Waals surface area contributed by atoms with Crippen LogP contribution in [-0.4, -0.2) is 20.2 Å². The summed E-state index contributed by atoms with van der Waals surface area (Å²) in [4.78, 5) is 0. The molecule has 0 fully saturated rings. The molecule has 0 bridgehead atoms. The Morgan fingerprint density at radius 2 is 2.14 bits per heavy atom. The van der Waals surface area contributed by atoms with Gasteiger partial charge in [0.25, 0.3) is 0 Å². The molecule has 1 aromatic rings. The molecule has 1 rings (SSSR count). The maximum Gasteiger partial charge on any atom is 0.214 e. The van der Waals surface area contributed by atoms with Crippen LogP contribution in [0, 0.1) is 0 Å². The number of nitrogens with zero attached hydrogens (tertiary/aromatic N) is 4. The third-order valence-electron chi connectivity index (χ3n) is 1.84. The quantitative estimate of drug-likeness (QED) is 0.499. The second-order valence-electron chi connectivity index (χ2n) is 3.01. The Bertz CT molecular complexity index is 289. The molecule has 0 aliphatic rings. The van der Waals surface area contributed by atoms with E-state index in [1.165, 1.54) is 4.68 Å². The third kappa shape index (κ3) is 3.00. The van der Waals surface area contributed by atoms with Gasteiger partial charge >= 0.3 is 0 Å². The molecule has 0 N–H and O–H groups in total. The second kappa shape index (κ2) is 5.19. The minimum atomic E-state index is -1.09. The zero-order valence-corrected chi connectivity index (χ0v) is 10.2.